The van der Waals surface area contributed by atoms with Gasteiger partial charge in [0.05, 0.1) is 5.56 Å². The first kappa shape index (κ1) is 17.0. The molecule has 0 bridgehead atoms. The second-order valence-corrected chi connectivity index (χ2v) is 7.44. The quantitative estimate of drug-likeness (QED) is 0.911. The number of amides is 1. The Morgan fingerprint density at radius 3 is 2.50 bits per heavy atom. The molecule has 1 aromatic rings. The van der Waals surface area contributed by atoms with Gasteiger partial charge in [0.2, 0.25) is 5.91 Å². The minimum Gasteiger partial charge on any atom is -0.478 e. The molecule has 0 radical (unpaired) electrons. The molecule has 1 N–H and O–H groups in total. The van der Waals surface area contributed by atoms with E-state index in [4.69, 9.17) is 0 Å². The summed E-state index contributed by atoms with van der Waals surface area (Å²) in [7, 11) is 0. The predicted octanol–water partition coefficient (Wildman–Crippen LogP) is 3.89. The van der Waals surface area contributed by atoms with Crippen LogP contribution in [0.4, 0.5) is 0 Å². The van der Waals surface area contributed by atoms with E-state index in [-0.39, 0.29) is 5.91 Å². The van der Waals surface area contributed by atoms with Gasteiger partial charge in [0, 0.05) is 19.5 Å². The van der Waals surface area contributed by atoms with Crippen LogP contribution in [-0.4, -0.2) is 35.0 Å². The monoisotopic (exact) mass is 329 g/mol. The molecule has 1 heterocycles. The van der Waals surface area contributed by atoms with Crippen molar-refractivity contribution in [3.8, 4) is 0 Å². The zero-order valence-electron chi connectivity index (χ0n) is 14.3. The lowest BCUT2D eigenvalue weighted by molar-refractivity contribution is -0.135. The van der Waals surface area contributed by atoms with Gasteiger partial charge in [0.15, 0.2) is 0 Å². The number of hydrogen-bond donors (Lipinski definition) is 1. The Morgan fingerprint density at radius 1 is 1.04 bits per heavy atom. The Hall–Kier alpha value is -1.84. The number of piperidine rings is 1. The van der Waals surface area contributed by atoms with Gasteiger partial charge in [-0.25, -0.2) is 4.79 Å². The number of aryl methyl sites for hydroxylation is 1. The molecule has 4 nitrogen and oxygen atoms in total. The van der Waals surface area contributed by atoms with E-state index >= 15 is 0 Å². The van der Waals surface area contributed by atoms with E-state index in [0.717, 1.165) is 25.1 Å². The molecule has 4 heteroatoms. The standard InChI is InChI=1S/C20H27NO3/c22-18(10-9-16-7-2-3-8-17(16)19(23)24)21-14-6-13-20(15-21)11-4-1-5-12-20/h2-3,7-8H,1,4-6,9-15H2,(H,23,24). The average Bonchev–Trinajstić information content (AvgIpc) is 2.60. The van der Waals surface area contributed by atoms with E-state index < -0.39 is 5.97 Å². The summed E-state index contributed by atoms with van der Waals surface area (Å²) < 4.78 is 0. The van der Waals surface area contributed by atoms with Gasteiger partial charge in [0.1, 0.15) is 0 Å². The van der Waals surface area contributed by atoms with E-state index in [1.54, 1.807) is 12.1 Å². The minimum absolute atomic E-state index is 0.180. The molecule has 130 valence electrons. The summed E-state index contributed by atoms with van der Waals surface area (Å²) in [5.41, 5.74) is 1.43. The van der Waals surface area contributed by atoms with Crippen LogP contribution < -0.4 is 0 Å². The Bertz CT molecular complexity index is 599. The number of aromatic carboxylic acids is 1. The van der Waals surface area contributed by atoms with Crippen molar-refractivity contribution in [1.82, 2.24) is 4.90 Å². The molecule has 1 saturated carbocycles. The van der Waals surface area contributed by atoms with Crippen LogP contribution in [0.25, 0.3) is 0 Å². The molecule has 1 aromatic carbocycles. The highest BCUT2D eigenvalue weighted by molar-refractivity contribution is 5.89. The van der Waals surface area contributed by atoms with E-state index in [9.17, 15) is 14.7 Å². The molecule has 0 atom stereocenters. The highest BCUT2D eigenvalue weighted by Crippen LogP contribution is 2.43. The van der Waals surface area contributed by atoms with Gasteiger partial charge in [-0.15, -0.1) is 0 Å². The van der Waals surface area contributed by atoms with Crippen LogP contribution in [0.5, 0.6) is 0 Å². The molecule has 3 rings (SSSR count). The van der Waals surface area contributed by atoms with E-state index in [1.165, 1.54) is 38.5 Å². The van der Waals surface area contributed by atoms with Crippen molar-refractivity contribution in [2.24, 2.45) is 5.41 Å². The molecular weight excluding hydrogens is 302 g/mol. The van der Waals surface area contributed by atoms with Crippen LogP contribution in [0.2, 0.25) is 0 Å². The Kier molecular flexibility index (Phi) is 5.22. The van der Waals surface area contributed by atoms with Gasteiger partial charge in [-0.3, -0.25) is 4.79 Å². The summed E-state index contributed by atoms with van der Waals surface area (Å²) in [5.74, 6) is -0.739. The van der Waals surface area contributed by atoms with Crippen LogP contribution in [0.1, 0.15) is 67.3 Å². The highest BCUT2D eigenvalue weighted by Gasteiger charge is 2.37. The molecule has 1 spiro atoms. The van der Waals surface area contributed by atoms with Gasteiger partial charge in [-0.1, -0.05) is 37.5 Å². The lowest BCUT2D eigenvalue weighted by Crippen LogP contribution is -2.47. The molecule has 1 amide bonds. The van der Waals surface area contributed by atoms with Gasteiger partial charge in [0.25, 0.3) is 0 Å². The first-order valence-corrected chi connectivity index (χ1v) is 9.19. The summed E-state index contributed by atoms with van der Waals surface area (Å²) in [5, 5.41) is 9.25. The van der Waals surface area contributed by atoms with Crippen LogP contribution in [0, 0.1) is 5.41 Å². The summed E-state index contributed by atoms with van der Waals surface area (Å²) >= 11 is 0. The molecular formula is C20H27NO3. The van der Waals surface area contributed by atoms with Gasteiger partial charge in [-0.2, -0.15) is 0 Å². The lowest BCUT2D eigenvalue weighted by Gasteiger charge is -2.45. The maximum absolute atomic E-state index is 12.7. The summed E-state index contributed by atoms with van der Waals surface area (Å²) in [6.07, 6.45) is 9.74. The number of benzene rings is 1. The van der Waals surface area contributed by atoms with Gasteiger partial charge in [-0.05, 0) is 49.1 Å². The maximum atomic E-state index is 12.7. The van der Waals surface area contributed by atoms with Crippen molar-refractivity contribution < 1.29 is 14.7 Å². The van der Waals surface area contributed by atoms with Crippen LogP contribution >= 0.6 is 0 Å². The van der Waals surface area contributed by atoms with Crippen molar-refractivity contribution in [2.75, 3.05) is 13.1 Å². The SMILES string of the molecule is O=C(O)c1ccccc1CCC(=O)N1CCCC2(CCCCC2)C1. The van der Waals surface area contributed by atoms with Crippen LogP contribution in [0.15, 0.2) is 24.3 Å². The largest absolute Gasteiger partial charge is 0.478 e. The number of nitrogens with zero attached hydrogens (tertiary/aromatic N) is 1. The molecule has 0 unspecified atom stereocenters. The Morgan fingerprint density at radius 2 is 1.75 bits per heavy atom. The van der Waals surface area contributed by atoms with E-state index in [0.29, 0.717) is 23.8 Å². The first-order chi connectivity index (χ1) is 11.6. The number of carbonyl (C=O) groups excluding carboxylic acids is 1. The minimum atomic E-state index is -0.919. The summed E-state index contributed by atoms with van der Waals surface area (Å²) in [6, 6.07) is 6.99. The molecule has 1 aliphatic heterocycles. The second kappa shape index (κ2) is 7.37. The normalized spacial score (nSPS) is 20.1. The number of rotatable bonds is 4. The predicted molar refractivity (Wildman–Crippen MR) is 93.1 cm³/mol. The first-order valence-electron chi connectivity index (χ1n) is 9.19. The fourth-order valence-electron chi connectivity index (χ4n) is 4.48. The zero-order valence-corrected chi connectivity index (χ0v) is 14.3. The molecule has 2 fully saturated rings. The fourth-order valence-corrected chi connectivity index (χ4v) is 4.48. The van der Waals surface area contributed by atoms with Gasteiger partial charge >= 0.3 is 5.97 Å². The molecule has 24 heavy (non-hydrogen) atoms. The number of carbonyl (C=O) groups is 2. The third kappa shape index (κ3) is 3.80. The lowest BCUT2D eigenvalue weighted by atomic mass is 9.69. The number of hydrogen-bond acceptors (Lipinski definition) is 2. The van der Waals surface area contributed by atoms with E-state index in [2.05, 4.69) is 0 Å². The van der Waals surface area contributed by atoms with Crippen molar-refractivity contribution in [3.63, 3.8) is 0 Å². The topological polar surface area (TPSA) is 57.6 Å². The summed E-state index contributed by atoms with van der Waals surface area (Å²) in [6.45, 7) is 1.77. The van der Waals surface area contributed by atoms with Crippen molar-refractivity contribution in [3.05, 3.63) is 35.4 Å². The van der Waals surface area contributed by atoms with Crippen molar-refractivity contribution in [1.29, 1.82) is 0 Å². The fraction of sp³-hybridized carbons (Fsp3) is 0.600. The number of likely N-dealkylation sites (tertiary alicyclic amines) is 1. The molecule has 0 aromatic heterocycles. The molecule has 2 aliphatic rings. The van der Waals surface area contributed by atoms with Crippen LogP contribution in [-0.2, 0) is 11.2 Å². The number of carboxylic acids is 1. The zero-order chi connectivity index (χ0) is 17.0. The Labute approximate surface area is 143 Å². The maximum Gasteiger partial charge on any atom is 0.335 e. The second-order valence-electron chi connectivity index (χ2n) is 7.44. The van der Waals surface area contributed by atoms with Gasteiger partial charge < -0.3 is 10.0 Å². The summed E-state index contributed by atoms with van der Waals surface area (Å²) in [4.78, 5) is 26.0. The highest BCUT2D eigenvalue weighted by atomic mass is 16.4. The average molecular weight is 329 g/mol. The van der Waals surface area contributed by atoms with Crippen molar-refractivity contribution in [2.45, 2.75) is 57.8 Å². The third-order valence-electron chi connectivity index (χ3n) is 5.78. The van der Waals surface area contributed by atoms with Crippen molar-refractivity contribution >= 4 is 11.9 Å². The van der Waals surface area contributed by atoms with Crippen LogP contribution in [0.3, 0.4) is 0 Å². The molecule has 1 aliphatic carbocycles. The smallest absolute Gasteiger partial charge is 0.335 e. The molecule has 1 saturated heterocycles. The third-order valence-corrected chi connectivity index (χ3v) is 5.78. The Balaban J connectivity index is 1.60. The number of carboxylic acid groups (broad SMARTS) is 1. The van der Waals surface area contributed by atoms with E-state index in [1.807, 2.05) is 17.0 Å².